The highest BCUT2D eigenvalue weighted by molar-refractivity contribution is 7.15. The number of ether oxygens (including phenoxy) is 1. The van der Waals surface area contributed by atoms with E-state index in [0.717, 1.165) is 11.4 Å². The molecule has 2 N–H and O–H groups in total. The SMILES string of the molecule is CCc1nnc(NC(=O)[C@H]2[C@H](C(=O)O)[C@H]3C=C[C@H]2O3)s1. The third-order valence-electron chi connectivity index (χ3n) is 3.49. The van der Waals surface area contributed by atoms with Crippen molar-refractivity contribution in [2.24, 2.45) is 11.8 Å². The number of hydrogen-bond acceptors (Lipinski definition) is 6. The lowest BCUT2D eigenvalue weighted by atomic mass is 9.82. The van der Waals surface area contributed by atoms with E-state index in [1.807, 2.05) is 6.92 Å². The summed E-state index contributed by atoms with van der Waals surface area (Å²) in [5.74, 6) is -2.97. The number of aromatic nitrogens is 2. The van der Waals surface area contributed by atoms with Crippen LogP contribution in [0.5, 0.6) is 0 Å². The molecule has 1 aromatic rings. The molecule has 1 fully saturated rings. The van der Waals surface area contributed by atoms with Crippen LogP contribution in [-0.4, -0.2) is 39.4 Å². The minimum Gasteiger partial charge on any atom is -0.481 e. The Morgan fingerprint density at radius 1 is 1.35 bits per heavy atom. The number of nitrogens with zero attached hydrogens (tertiary/aromatic N) is 2. The standard InChI is InChI=1S/C12H13N3O4S/c1-2-7-14-15-12(20-7)13-10(16)8-5-3-4-6(19-5)9(8)11(17)18/h3-6,8-9H,2H2,1H3,(H,17,18)(H,13,15,16)/t5-,6-,8-,9-/m1/s1. The minimum atomic E-state index is -1.02. The highest BCUT2D eigenvalue weighted by Crippen LogP contribution is 2.39. The van der Waals surface area contributed by atoms with Crippen LogP contribution in [0.3, 0.4) is 0 Å². The maximum Gasteiger partial charge on any atom is 0.310 e. The van der Waals surface area contributed by atoms with Gasteiger partial charge in [-0.25, -0.2) is 0 Å². The highest BCUT2D eigenvalue weighted by Gasteiger charge is 2.53. The number of aliphatic carboxylic acids is 1. The molecule has 0 aliphatic carbocycles. The first kappa shape index (κ1) is 13.2. The molecule has 2 aliphatic rings. The maximum atomic E-state index is 12.3. The number of carboxylic acid groups (broad SMARTS) is 1. The first-order valence-electron chi connectivity index (χ1n) is 6.30. The smallest absolute Gasteiger partial charge is 0.310 e. The molecule has 7 nitrogen and oxygen atoms in total. The molecule has 2 aliphatic heterocycles. The number of fused-ring (bicyclic) bond motifs is 2. The number of rotatable bonds is 4. The van der Waals surface area contributed by atoms with Crippen molar-refractivity contribution in [3.63, 3.8) is 0 Å². The third kappa shape index (κ3) is 2.10. The number of aryl methyl sites for hydroxylation is 1. The molecule has 0 unspecified atom stereocenters. The van der Waals surface area contributed by atoms with Crippen molar-refractivity contribution in [1.29, 1.82) is 0 Å². The van der Waals surface area contributed by atoms with Gasteiger partial charge in [-0.15, -0.1) is 10.2 Å². The number of hydrogen-bond donors (Lipinski definition) is 2. The highest BCUT2D eigenvalue weighted by atomic mass is 32.1. The fourth-order valence-electron chi connectivity index (χ4n) is 2.55. The molecule has 3 heterocycles. The Bertz CT molecular complexity index is 585. The second-order valence-electron chi connectivity index (χ2n) is 4.68. The van der Waals surface area contributed by atoms with Crippen molar-refractivity contribution in [3.8, 4) is 0 Å². The van der Waals surface area contributed by atoms with E-state index in [-0.39, 0.29) is 5.91 Å². The third-order valence-corrected chi connectivity index (χ3v) is 4.47. The van der Waals surface area contributed by atoms with Gasteiger partial charge in [-0.2, -0.15) is 0 Å². The molecule has 1 aromatic heterocycles. The van der Waals surface area contributed by atoms with Crippen LogP contribution < -0.4 is 5.32 Å². The van der Waals surface area contributed by atoms with Gasteiger partial charge in [-0.05, 0) is 6.42 Å². The van der Waals surface area contributed by atoms with Crippen LogP contribution in [0.4, 0.5) is 5.13 Å². The molecular formula is C12H13N3O4S. The minimum absolute atomic E-state index is 0.381. The first-order chi connectivity index (χ1) is 9.60. The van der Waals surface area contributed by atoms with Crippen LogP contribution in [0.25, 0.3) is 0 Å². The number of nitrogens with one attached hydrogen (secondary N) is 1. The summed E-state index contributed by atoms with van der Waals surface area (Å²) in [6.45, 7) is 1.95. The Labute approximate surface area is 118 Å². The molecule has 4 atom stereocenters. The van der Waals surface area contributed by atoms with Crippen molar-refractivity contribution in [1.82, 2.24) is 10.2 Å². The van der Waals surface area contributed by atoms with Gasteiger partial charge in [0.1, 0.15) is 10.9 Å². The van der Waals surface area contributed by atoms with E-state index < -0.39 is 30.0 Å². The average Bonchev–Trinajstić information content (AvgIpc) is 3.12. The van der Waals surface area contributed by atoms with Gasteiger partial charge in [-0.1, -0.05) is 30.4 Å². The van der Waals surface area contributed by atoms with Crippen molar-refractivity contribution in [3.05, 3.63) is 17.2 Å². The summed E-state index contributed by atoms with van der Waals surface area (Å²) < 4.78 is 5.46. The van der Waals surface area contributed by atoms with Crippen molar-refractivity contribution >= 4 is 28.3 Å². The summed E-state index contributed by atoms with van der Waals surface area (Å²) in [5.41, 5.74) is 0. The van der Waals surface area contributed by atoms with E-state index in [1.165, 1.54) is 11.3 Å². The largest absolute Gasteiger partial charge is 0.481 e. The molecule has 0 spiro atoms. The number of amides is 1. The Balaban J connectivity index is 1.76. The Kier molecular flexibility index (Phi) is 3.27. The fraction of sp³-hybridized carbons (Fsp3) is 0.500. The molecule has 20 heavy (non-hydrogen) atoms. The number of anilines is 1. The molecule has 3 rings (SSSR count). The quantitative estimate of drug-likeness (QED) is 0.793. The van der Waals surface area contributed by atoms with Crippen molar-refractivity contribution < 1.29 is 19.4 Å². The Hall–Kier alpha value is -1.80. The monoisotopic (exact) mass is 295 g/mol. The van der Waals surface area contributed by atoms with Crippen molar-refractivity contribution in [2.45, 2.75) is 25.6 Å². The number of carboxylic acids is 1. The molecule has 0 radical (unpaired) electrons. The van der Waals surface area contributed by atoms with Crippen LogP contribution in [0.15, 0.2) is 12.2 Å². The van der Waals surface area contributed by atoms with E-state index >= 15 is 0 Å². The van der Waals surface area contributed by atoms with Gasteiger partial charge in [0.15, 0.2) is 0 Å². The summed E-state index contributed by atoms with van der Waals surface area (Å²) in [6.07, 6.45) is 3.19. The molecular weight excluding hydrogens is 282 g/mol. The Morgan fingerprint density at radius 3 is 2.65 bits per heavy atom. The lowest BCUT2D eigenvalue weighted by Gasteiger charge is -2.20. The topological polar surface area (TPSA) is 101 Å². The van der Waals surface area contributed by atoms with E-state index in [9.17, 15) is 14.7 Å². The van der Waals surface area contributed by atoms with E-state index in [2.05, 4.69) is 15.5 Å². The van der Waals surface area contributed by atoms with Gasteiger partial charge >= 0.3 is 5.97 Å². The van der Waals surface area contributed by atoms with E-state index in [1.54, 1.807) is 12.2 Å². The molecule has 1 amide bonds. The van der Waals surface area contributed by atoms with Gasteiger partial charge in [0.05, 0.1) is 18.1 Å². The molecule has 0 saturated carbocycles. The fourth-order valence-corrected chi connectivity index (χ4v) is 3.23. The van der Waals surface area contributed by atoms with E-state index in [4.69, 9.17) is 4.74 Å². The lowest BCUT2D eigenvalue weighted by Crippen LogP contribution is -2.39. The molecule has 8 heteroatoms. The zero-order chi connectivity index (χ0) is 14.3. The van der Waals surface area contributed by atoms with Gasteiger partial charge < -0.3 is 15.2 Å². The Morgan fingerprint density at radius 2 is 2.05 bits per heavy atom. The predicted molar refractivity (Wildman–Crippen MR) is 70.3 cm³/mol. The lowest BCUT2D eigenvalue weighted by molar-refractivity contribution is -0.145. The number of carbonyl (C=O) groups is 2. The molecule has 0 aromatic carbocycles. The summed E-state index contributed by atoms with van der Waals surface area (Å²) in [6, 6.07) is 0. The molecule has 106 valence electrons. The molecule has 2 bridgehead atoms. The average molecular weight is 295 g/mol. The zero-order valence-corrected chi connectivity index (χ0v) is 11.5. The van der Waals surface area contributed by atoms with Gasteiger partial charge in [0.25, 0.3) is 0 Å². The second-order valence-corrected chi connectivity index (χ2v) is 5.75. The zero-order valence-electron chi connectivity index (χ0n) is 10.6. The maximum absolute atomic E-state index is 12.3. The van der Waals surface area contributed by atoms with Gasteiger partial charge in [-0.3, -0.25) is 9.59 Å². The van der Waals surface area contributed by atoms with Crippen molar-refractivity contribution in [2.75, 3.05) is 5.32 Å². The first-order valence-corrected chi connectivity index (χ1v) is 7.11. The van der Waals surface area contributed by atoms with Gasteiger partial charge in [0, 0.05) is 0 Å². The predicted octanol–water partition coefficient (Wildman–Crippen LogP) is 0.693. The summed E-state index contributed by atoms with van der Waals surface area (Å²) in [7, 11) is 0. The van der Waals surface area contributed by atoms with Crippen LogP contribution >= 0.6 is 11.3 Å². The molecule has 1 saturated heterocycles. The number of carbonyl (C=O) groups excluding carboxylic acids is 1. The van der Waals surface area contributed by atoms with Crippen LogP contribution in [-0.2, 0) is 20.7 Å². The van der Waals surface area contributed by atoms with Crippen LogP contribution in [0.2, 0.25) is 0 Å². The summed E-state index contributed by atoms with van der Waals surface area (Å²) >= 11 is 1.29. The van der Waals surface area contributed by atoms with Crippen LogP contribution in [0, 0.1) is 11.8 Å². The van der Waals surface area contributed by atoms with Gasteiger partial charge in [0.2, 0.25) is 11.0 Å². The summed E-state index contributed by atoms with van der Waals surface area (Å²) in [5, 5.41) is 20.9. The second kappa shape index (κ2) is 4.95. The normalized spacial score (nSPS) is 30.6. The van der Waals surface area contributed by atoms with E-state index in [0.29, 0.717) is 5.13 Å². The van der Waals surface area contributed by atoms with Crippen LogP contribution in [0.1, 0.15) is 11.9 Å². The summed E-state index contributed by atoms with van der Waals surface area (Å²) in [4.78, 5) is 23.6.